The smallest absolute Gasteiger partial charge is 0.215 e. The van der Waals surface area contributed by atoms with E-state index in [2.05, 4.69) is 9.62 Å². The lowest BCUT2D eigenvalue weighted by Gasteiger charge is -2.35. The largest absolute Gasteiger partial charge is 0.373 e. The van der Waals surface area contributed by atoms with Crippen LogP contribution in [0.1, 0.15) is 19.4 Å². The van der Waals surface area contributed by atoms with Crippen LogP contribution in [0.2, 0.25) is 5.02 Å². The van der Waals surface area contributed by atoms with Gasteiger partial charge >= 0.3 is 0 Å². The first kappa shape index (κ1) is 17.7. The zero-order chi connectivity index (χ0) is 16.2. The maximum Gasteiger partial charge on any atom is 0.215 e. The van der Waals surface area contributed by atoms with Gasteiger partial charge in [0, 0.05) is 31.2 Å². The lowest BCUT2D eigenvalue weighted by Crippen LogP contribution is -2.47. The predicted molar refractivity (Wildman–Crippen MR) is 88.5 cm³/mol. The molecule has 124 valence electrons. The molecule has 1 aliphatic heterocycles. The Morgan fingerprint density at radius 3 is 2.55 bits per heavy atom. The van der Waals surface area contributed by atoms with Gasteiger partial charge in [0.2, 0.25) is 10.0 Å². The molecule has 2 atom stereocenters. The summed E-state index contributed by atoms with van der Waals surface area (Å²) in [5.41, 5.74) is 0.616. The van der Waals surface area contributed by atoms with E-state index in [0.29, 0.717) is 23.7 Å². The van der Waals surface area contributed by atoms with Gasteiger partial charge in [-0.2, -0.15) is 0 Å². The van der Waals surface area contributed by atoms with E-state index < -0.39 is 10.0 Å². The van der Waals surface area contributed by atoms with Crippen LogP contribution in [-0.4, -0.2) is 51.7 Å². The number of benzene rings is 1. The highest BCUT2D eigenvalue weighted by molar-refractivity contribution is 7.88. The second-order valence-electron chi connectivity index (χ2n) is 5.76. The van der Waals surface area contributed by atoms with Crippen molar-refractivity contribution in [2.24, 2.45) is 0 Å². The van der Waals surface area contributed by atoms with Crippen molar-refractivity contribution in [3.8, 4) is 0 Å². The molecule has 1 fully saturated rings. The first-order chi connectivity index (χ1) is 10.4. The van der Waals surface area contributed by atoms with E-state index in [-0.39, 0.29) is 18.0 Å². The number of morpholine rings is 1. The summed E-state index contributed by atoms with van der Waals surface area (Å²) in [6.45, 7) is 6.80. The lowest BCUT2D eigenvalue weighted by atomic mass is 10.2. The Labute approximate surface area is 137 Å². The number of sulfonamides is 1. The molecule has 0 radical (unpaired) electrons. The summed E-state index contributed by atoms with van der Waals surface area (Å²) in [5, 5.41) is 0.476. The Morgan fingerprint density at radius 1 is 1.27 bits per heavy atom. The van der Waals surface area contributed by atoms with E-state index in [0.717, 1.165) is 13.1 Å². The van der Waals surface area contributed by atoms with Crippen molar-refractivity contribution in [3.63, 3.8) is 0 Å². The van der Waals surface area contributed by atoms with Crippen LogP contribution in [0.25, 0.3) is 0 Å². The van der Waals surface area contributed by atoms with Crippen molar-refractivity contribution < 1.29 is 13.2 Å². The maximum atomic E-state index is 12.1. The van der Waals surface area contributed by atoms with Crippen molar-refractivity contribution in [3.05, 3.63) is 34.9 Å². The Kier molecular flexibility index (Phi) is 6.23. The van der Waals surface area contributed by atoms with Crippen LogP contribution in [0.5, 0.6) is 0 Å². The molecular weight excluding hydrogens is 324 g/mol. The summed E-state index contributed by atoms with van der Waals surface area (Å²) >= 11 is 6.00. The molecule has 1 aromatic rings. The third kappa shape index (κ3) is 5.52. The molecule has 1 aliphatic rings. The summed E-state index contributed by atoms with van der Waals surface area (Å²) < 4.78 is 32.5. The summed E-state index contributed by atoms with van der Waals surface area (Å²) in [7, 11) is -3.38. The number of hydrogen-bond acceptors (Lipinski definition) is 4. The number of halogens is 1. The predicted octanol–water partition coefficient (Wildman–Crippen LogP) is 1.87. The highest BCUT2D eigenvalue weighted by atomic mass is 35.5. The van der Waals surface area contributed by atoms with Crippen molar-refractivity contribution in [1.82, 2.24) is 9.62 Å². The minimum Gasteiger partial charge on any atom is -0.373 e. The molecule has 0 amide bonds. The minimum absolute atomic E-state index is 0.0947. The van der Waals surface area contributed by atoms with Crippen LogP contribution < -0.4 is 4.72 Å². The number of hydrogen-bond donors (Lipinski definition) is 1. The average Bonchev–Trinajstić information content (AvgIpc) is 2.40. The molecule has 1 heterocycles. The fourth-order valence-electron chi connectivity index (χ4n) is 2.70. The molecular formula is C15H23ClN2O3S. The normalized spacial score (nSPS) is 23.6. The molecule has 5 nitrogen and oxygen atoms in total. The van der Waals surface area contributed by atoms with Gasteiger partial charge in [-0.3, -0.25) is 4.90 Å². The SMILES string of the molecule is C[C@H]1CN(CCNS(=O)(=O)Cc2ccccc2Cl)C[C@H](C)O1. The number of rotatable bonds is 6. The lowest BCUT2D eigenvalue weighted by molar-refractivity contribution is -0.0671. The Bertz CT molecular complexity index is 584. The van der Waals surface area contributed by atoms with E-state index >= 15 is 0 Å². The van der Waals surface area contributed by atoms with Crippen molar-refractivity contribution in [1.29, 1.82) is 0 Å². The number of ether oxygens (including phenoxy) is 1. The summed E-state index contributed by atoms with van der Waals surface area (Å²) in [6, 6.07) is 7.00. The van der Waals surface area contributed by atoms with Crippen LogP contribution in [-0.2, 0) is 20.5 Å². The minimum atomic E-state index is -3.38. The molecule has 1 N–H and O–H groups in total. The zero-order valence-electron chi connectivity index (χ0n) is 13.0. The number of nitrogens with one attached hydrogen (secondary N) is 1. The first-order valence-electron chi connectivity index (χ1n) is 7.44. The van der Waals surface area contributed by atoms with Crippen molar-refractivity contribution in [2.75, 3.05) is 26.2 Å². The zero-order valence-corrected chi connectivity index (χ0v) is 14.5. The molecule has 1 saturated heterocycles. The molecule has 0 spiro atoms. The van der Waals surface area contributed by atoms with Gasteiger partial charge in [-0.05, 0) is 25.5 Å². The second-order valence-corrected chi connectivity index (χ2v) is 7.98. The van der Waals surface area contributed by atoms with Gasteiger partial charge in [0.05, 0.1) is 18.0 Å². The molecule has 0 unspecified atom stereocenters. The van der Waals surface area contributed by atoms with Gasteiger partial charge in [-0.25, -0.2) is 13.1 Å². The third-order valence-electron chi connectivity index (χ3n) is 3.55. The van der Waals surface area contributed by atoms with E-state index in [9.17, 15) is 8.42 Å². The van der Waals surface area contributed by atoms with Gasteiger partial charge < -0.3 is 4.74 Å². The van der Waals surface area contributed by atoms with Crippen LogP contribution in [0.4, 0.5) is 0 Å². The first-order valence-corrected chi connectivity index (χ1v) is 9.47. The van der Waals surface area contributed by atoms with E-state index in [1.54, 1.807) is 24.3 Å². The molecule has 1 aromatic carbocycles. The third-order valence-corrected chi connectivity index (χ3v) is 5.25. The summed E-state index contributed by atoms with van der Waals surface area (Å²) in [4.78, 5) is 2.22. The number of nitrogens with zero attached hydrogens (tertiary/aromatic N) is 1. The molecule has 0 aromatic heterocycles. The van der Waals surface area contributed by atoms with E-state index in [4.69, 9.17) is 16.3 Å². The van der Waals surface area contributed by atoms with Crippen LogP contribution in [0, 0.1) is 0 Å². The van der Waals surface area contributed by atoms with Gasteiger partial charge in [-0.1, -0.05) is 29.8 Å². The second kappa shape index (κ2) is 7.75. The molecule has 0 bridgehead atoms. The highest BCUT2D eigenvalue weighted by Gasteiger charge is 2.22. The Morgan fingerprint density at radius 2 is 1.91 bits per heavy atom. The standard InChI is InChI=1S/C15H23ClN2O3S/c1-12-9-18(10-13(2)21-12)8-7-17-22(19,20)11-14-5-3-4-6-15(14)16/h3-6,12-13,17H,7-11H2,1-2H3/t12-,13-/m0/s1. The van der Waals surface area contributed by atoms with Crippen LogP contribution in [0.15, 0.2) is 24.3 Å². The molecule has 7 heteroatoms. The Hall–Kier alpha value is -0.660. The monoisotopic (exact) mass is 346 g/mol. The quantitative estimate of drug-likeness (QED) is 0.854. The van der Waals surface area contributed by atoms with Crippen LogP contribution in [0.3, 0.4) is 0 Å². The van der Waals surface area contributed by atoms with Gasteiger partial charge in [0.1, 0.15) is 0 Å². The molecule has 2 rings (SSSR count). The van der Waals surface area contributed by atoms with E-state index in [1.807, 2.05) is 13.8 Å². The van der Waals surface area contributed by atoms with Gasteiger partial charge in [0.25, 0.3) is 0 Å². The fourth-order valence-corrected chi connectivity index (χ4v) is 4.14. The van der Waals surface area contributed by atoms with Crippen LogP contribution >= 0.6 is 11.6 Å². The molecule has 0 aliphatic carbocycles. The van der Waals surface area contributed by atoms with Crippen molar-refractivity contribution in [2.45, 2.75) is 31.8 Å². The Balaban J connectivity index is 1.82. The fraction of sp³-hybridized carbons (Fsp3) is 0.600. The van der Waals surface area contributed by atoms with Crippen molar-refractivity contribution >= 4 is 21.6 Å². The average molecular weight is 347 g/mol. The summed E-state index contributed by atoms with van der Waals surface area (Å²) in [5.74, 6) is -0.0947. The van der Waals surface area contributed by atoms with Gasteiger partial charge in [-0.15, -0.1) is 0 Å². The van der Waals surface area contributed by atoms with E-state index in [1.165, 1.54) is 0 Å². The highest BCUT2D eigenvalue weighted by Crippen LogP contribution is 2.17. The maximum absolute atomic E-state index is 12.1. The van der Waals surface area contributed by atoms with Gasteiger partial charge in [0.15, 0.2) is 0 Å². The topological polar surface area (TPSA) is 58.6 Å². The molecule has 22 heavy (non-hydrogen) atoms. The summed E-state index contributed by atoms with van der Waals surface area (Å²) in [6.07, 6.45) is 0.368. The molecule has 0 saturated carbocycles.